The predicted octanol–water partition coefficient (Wildman–Crippen LogP) is 3.66. The van der Waals surface area contributed by atoms with Gasteiger partial charge in [-0.15, -0.1) is 11.3 Å². The van der Waals surface area contributed by atoms with Gasteiger partial charge in [0.2, 0.25) is 0 Å². The SMILES string of the molecule is CCC1(C)CC(NC)(c2nc(C(C)C)cs2)CCO1. The van der Waals surface area contributed by atoms with Crippen molar-refractivity contribution >= 4 is 11.3 Å². The molecule has 0 saturated carbocycles. The van der Waals surface area contributed by atoms with Crippen LogP contribution in [0.15, 0.2) is 5.38 Å². The average molecular weight is 282 g/mol. The van der Waals surface area contributed by atoms with Gasteiger partial charge in [-0.2, -0.15) is 0 Å². The van der Waals surface area contributed by atoms with E-state index >= 15 is 0 Å². The Labute approximate surface area is 120 Å². The molecule has 1 N–H and O–H groups in total. The molecule has 19 heavy (non-hydrogen) atoms. The van der Waals surface area contributed by atoms with Gasteiger partial charge in [-0.05, 0) is 32.7 Å². The van der Waals surface area contributed by atoms with Crippen molar-refractivity contribution in [3.8, 4) is 0 Å². The van der Waals surface area contributed by atoms with Crippen molar-refractivity contribution in [2.75, 3.05) is 13.7 Å². The number of nitrogens with one attached hydrogen (secondary N) is 1. The van der Waals surface area contributed by atoms with Crippen LogP contribution >= 0.6 is 11.3 Å². The van der Waals surface area contributed by atoms with E-state index in [4.69, 9.17) is 9.72 Å². The average Bonchev–Trinajstić information content (AvgIpc) is 2.89. The molecule has 1 aromatic rings. The number of aromatic nitrogens is 1. The van der Waals surface area contributed by atoms with Gasteiger partial charge in [0.25, 0.3) is 0 Å². The van der Waals surface area contributed by atoms with Gasteiger partial charge >= 0.3 is 0 Å². The molecular weight excluding hydrogens is 256 g/mol. The third kappa shape index (κ3) is 2.86. The van der Waals surface area contributed by atoms with E-state index in [-0.39, 0.29) is 11.1 Å². The van der Waals surface area contributed by atoms with Gasteiger partial charge < -0.3 is 10.1 Å². The highest BCUT2D eigenvalue weighted by atomic mass is 32.1. The van der Waals surface area contributed by atoms with E-state index in [1.54, 1.807) is 11.3 Å². The Morgan fingerprint density at radius 1 is 1.53 bits per heavy atom. The molecule has 1 aliphatic heterocycles. The summed E-state index contributed by atoms with van der Waals surface area (Å²) in [6, 6.07) is 0. The van der Waals surface area contributed by atoms with E-state index in [9.17, 15) is 0 Å². The van der Waals surface area contributed by atoms with E-state index in [1.165, 1.54) is 10.7 Å². The van der Waals surface area contributed by atoms with Crippen LogP contribution in [-0.4, -0.2) is 24.2 Å². The largest absolute Gasteiger partial charge is 0.375 e. The van der Waals surface area contributed by atoms with Gasteiger partial charge in [0.15, 0.2) is 0 Å². The quantitative estimate of drug-likeness (QED) is 0.915. The van der Waals surface area contributed by atoms with E-state index < -0.39 is 0 Å². The fourth-order valence-corrected chi connectivity index (χ4v) is 3.97. The summed E-state index contributed by atoms with van der Waals surface area (Å²) in [4.78, 5) is 4.88. The third-order valence-electron chi connectivity index (χ3n) is 4.40. The van der Waals surface area contributed by atoms with E-state index in [0.29, 0.717) is 5.92 Å². The maximum atomic E-state index is 5.98. The van der Waals surface area contributed by atoms with Crippen molar-refractivity contribution in [1.29, 1.82) is 0 Å². The van der Waals surface area contributed by atoms with Crippen molar-refractivity contribution in [1.82, 2.24) is 10.3 Å². The van der Waals surface area contributed by atoms with Crippen molar-refractivity contribution in [3.05, 3.63) is 16.1 Å². The van der Waals surface area contributed by atoms with Crippen LogP contribution in [0.3, 0.4) is 0 Å². The van der Waals surface area contributed by atoms with Gasteiger partial charge in [0.1, 0.15) is 5.01 Å². The first-order chi connectivity index (χ1) is 8.95. The lowest BCUT2D eigenvalue weighted by atomic mass is 9.79. The lowest BCUT2D eigenvalue weighted by Gasteiger charge is -2.45. The molecule has 108 valence electrons. The van der Waals surface area contributed by atoms with Crippen LogP contribution in [0.1, 0.15) is 63.6 Å². The molecule has 2 unspecified atom stereocenters. The van der Waals surface area contributed by atoms with Gasteiger partial charge in [0, 0.05) is 18.4 Å². The molecule has 4 heteroatoms. The maximum absolute atomic E-state index is 5.98. The van der Waals surface area contributed by atoms with Crippen LogP contribution in [0.4, 0.5) is 0 Å². The first-order valence-electron chi connectivity index (χ1n) is 7.23. The zero-order chi connectivity index (χ0) is 14.1. The second-order valence-electron chi connectivity index (χ2n) is 6.14. The number of rotatable bonds is 4. The lowest BCUT2D eigenvalue weighted by Crippen LogP contribution is -2.52. The van der Waals surface area contributed by atoms with E-state index in [2.05, 4.69) is 45.4 Å². The number of ether oxygens (including phenoxy) is 1. The Morgan fingerprint density at radius 2 is 2.26 bits per heavy atom. The smallest absolute Gasteiger partial charge is 0.113 e. The minimum absolute atomic E-state index is 0.0131. The molecule has 2 heterocycles. The second kappa shape index (κ2) is 5.51. The summed E-state index contributed by atoms with van der Waals surface area (Å²) in [6.07, 6.45) is 3.04. The summed E-state index contributed by atoms with van der Waals surface area (Å²) < 4.78 is 5.98. The van der Waals surface area contributed by atoms with Gasteiger partial charge in [0.05, 0.1) is 16.8 Å². The van der Waals surface area contributed by atoms with Crippen LogP contribution in [0.5, 0.6) is 0 Å². The first-order valence-corrected chi connectivity index (χ1v) is 8.11. The molecule has 3 nitrogen and oxygen atoms in total. The van der Waals surface area contributed by atoms with Crippen LogP contribution in [0.25, 0.3) is 0 Å². The molecule has 1 saturated heterocycles. The fraction of sp³-hybridized carbons (Fsp3) is 0.800. The second-order valence-corrected chi connectivity index (χ2v) is 7.00. The van der Waals surface area contributed by atoms with Crippen LogP contribution in [0, 0.1) is 0 Å². The summed E-state index contributed by atoms with van der Waals surface area (Å²) in [5.41, 5.74) is 1.16. The molecule has 0 aliphatic carbocycles. The third-order valence-corrected chi connectivity index (χ3v) is 5.47. The molecule has 0 bridgehead atoms. The predicted molar refractivity (Wildman–Crippen MR) is 80.8 cm³/mol. The molecule has 1 aliphatic rings. The summed E-state index contributed by atoms with van der Waals surface area (Å²) in [7, 11) is 2.05. The first kappa shape index (κ1) is 14.9. The highest BCUT2D eigenvalue weighted by molar-refractivity contribution is 7.09. The van der Waals surface area contributed by atoms with E-state index in [0.717, 1.165) is 25.9 Å². The normalized spacial score (nSPS) is 31.9. The molecule has 1 aromatic heterocycles. The zero-order valence-electron chi connectivity index (χ0n) is 12.7. The molecule has 0 radical (unpaired) electrons. The standard InChI is InChI=1S/C15H26N2OS/c1-6-14(4)10-15(16-5,7-8-18-14)13-17-12(9-19-13)11(2)3/h9,11,16H,6-8,10H2,1-5H3. The molecule has 1 fully saturated rings. The Bertz CT molecular complexity index is 432. The van der Waals surface area contributed by atoms with Crippen molar-refractivity contribution in [2.24, 2.45) is 0 Å². The Morgan fingerprint density at radius 3 is 2.79 bits per heavy atom. The molecule has 0 amide bonds. The van der Waals surface area contributed by atoms with Crippen LogP contribution in [-0.2, 0) is 10.3 Å². The van der Waals surface area contributed by atoms with Gasteiger partial charge in [-0.3, -0.25) is 0 Å². The number of thiazole rings is 1. The Hall–Kier alpha value is -0.450. The Kier molecular flexibility index (Phi) is 4.33. The minimum atomic E-state index is -0.0368. The molecule has 0 aromatic carbocycles. The summed E-state index contributed by atoms with van der Waals surface area (Å²) in [6.45, 7) is 9.63. The maximum Gasteiger partial charge on any atom is 0.113 e. The monoisotopic (exact) mass is 282 g/mol. The molecule has 0 spiro atoms. The summed E-state index contributed by atoms with van der Waals surface area (Å²) in [5.74, 6) is 0.497. The fourth-order valence-electron chi connectivity index (χ4n) is 2.75. The highest BCUT2D eigenvalue weighted by Crippen LogP contribution is 2.42. The van der Waals surface area contributed by atoms with Gasteiger partial charge in [-0.25, -0.2) is 4.98 Å². The minimum Gasteiger partial charge on any atom is -0.375 e. The molecular formula is C15H26N2OS. The van der Waals surface area contributed by atoms with Crippen LogP contribution < -0.4 is 5.32 Å². The van der Waals surface area contributed by atoms with Crippen LogP contribution in [0.2, 0.25) is 0 Å². The van der Waals surface area contributed by atoms with Crippen molar-refractivity contribution in [3.63, 3.8) is 0 Å². The highest BCUT2D eigenvalue weighted by Gasteiger charge is 2.44. The number of hydrogen-bond donors (Lipinski definition) is 1. The molecule has 2 atom stereocenters. The Balaban J connectivity index is 2.31. The topological polar surface area (TPSA) is 34.2 Å². The van der Waals surface area contributed by atoms with E-state index in [1.807, 2.05) is 0 Å². The summed E-state index contributed by atoms with van der Waals surface area (Å²) in [5, 5.41) is 6.97. The van der Waals surface area contributed by atoms with Crippen molar-refractivity contribution < 1.29 is 4.74 Å². The molecule has 2 rings (SSSR count). The van der Waals surface area contributed by atoms with Crippen molar-refractivity contribution in [2.45, 2.75) is 64.0 Å². The summed E-state index contributed by atoms with van der Waals surface area (Å²) >= 11 is 1.79. The number of hydrogen-bond acceptors (Lipinski definition) is 4. The lowest BCUT2D eigenvalue weighted by molar-refractivity contribution is -0.102. The van der Waals surface area contributed by atoms with Gasteiger partial charge in [-0.1, -0.05) is 20.8 Å². The number of nitrogens with zero attached hydrogens (tertiary/aromatic N) is 1. The zero-order valence-corrected chi connectivity index (χ0v) is 13.6.